The molecule has 3 aromatic heterocycles. The molecule has 120 valence electrons. The van der Waals surface area contributed by atoms with Crippen molar-refractivity contribution in [3.05, 3.63) is 38.7 Å². The molecule has 0 saturated carbocycles. The summed E-state index contributed by atoms with van der Waals surface area (Å²) in [6.45, 7) is 8.42. The van der Waals surface area contributed by atoms with Crippen LogP contribution in [0.3, 0.4) is 0 Å². The summed E-state index contributed by atoms with van der Waals surface area (Å²) in [6, 6.07) is 3.79. The van der Waals surface area contributed by atoms with Crippen LogP contribution in [0.4, 0.5) is 0 Å². The second-order valence-electron chi connectivity index (χ2n) is 5.69. The molecule has 0 aliphatic heterocycles. The predicted molar refractivity (Wildman–Crippen MR) is 100 cm³/mol. The number of carbonyl (C=O) groups is 1. The topological polar surface area (TPSA) is 42.9 Å². The maximum Gasteiger partial charge on any atom is 0.183 e. The van der Waals surface area contributed by atoms with Crippen molar-refractivity contribution >= 4 is 50.4 Å². The van der Waals surface area contributed by atoms with Gasteiger partial charge in [-0.25, -0.2) is 9.97 Å². The first kappa shape index (κ1) is 16.6. The Labute approximate surface area is 148 Å². The molecule has 0 amide bonds. The van der Waals surface area contributed by atoms with Crippen molar-refractivity contribution in [2.75, 3.05) is 5.75 Å². The third-order valence-electron chi connectivity index (χ3n) is 3.67. The van der Waals surface area contributed by atoms with Crippen LogP contribution >= 0.6 is 34.4 Å². The second kappa shape index (κ2) is 6.71. The fourth-order valence-corrected chi connectivity index (χ4v) is 5.07. The van der Waals surface area contributed by atoms with Crippen LogP contribution in [0.25, 0.3) is 10.2 Å². The van der Waals surface area contributed by atoms with Gasteiger partial charge in [-0.3, -0.25) is 4.79 Å². The molecule has 0 bridgehead atoms. The lowest BCUT2D eigenvalue weighted by atomic mass is 10.2. The van der Waals surface area contributed by atoms with Gasteiger partial charge < -0.3 is 0 Å². The molecule has 3 nitrogen and oxygen atoms in total. The highest BCUT2D eigenvalue weighted by atomic mass is 32.2. The van der Waals surface area contributed by atoms with Crippen LogP contribution in [-0.4, -0.2) is 21.5 Å². The van der Waals surface area contributed by atoms with E-state index in [-0.39, 0.29) is 11.7 Å². The number of Topliss-reactive ketones (excluding diaryl/α,β-unsaturated/α-hetero) is 1. The van der Waals surface area contributed by atoms with E-state index in [1.807, 2.05) is 17.5 Å². The smallest absolute Gasteiger partial charge is 0.183 e. The third-order valence-corrected chi connectivity index (χ3v) is 6.65. The van der Waals surface area contributed by atoms with Gasteiger partial charge in [-0.05, 0) is 30.9 Å². The van der Waals surface area contributed by atoms with Gasteiger partial charge in [0.25, 0.3) is 0 Å². The second-order valence-corrected chi connectivity index (χ2v) is 8.81. The van der Waals surface area contributed by atoms with Crippen LogP contribution in [0, 0.1) is 13.8 Å². The molecule has 0 aliphatic rings. The molecule has 3 aromatic rings. The van der Waals surface area contributed by atoms with E-state index in [0.29, 0.717) is 5.75 Å². The van der Waals surface area contributed by atoms with Gasteiger partial charge in [-0.2, -0.15) is 0 Å². The van der Waals surface area contributed by atoms with Gasteiger partial charge in [0.2, 0.25) is 0 Å². The van der Waals surface area contributed by atoms with Crippen LogP contribution in [0.15, 0.2) is 22.5 Å². The minimum Gasteiger partial charge on any atom is -0.292 e. The Hall–Kier alpha value is -1.24. The van der Waals surface area contributed by atoms with Gasteiger partial charge in [-0.15, -0.1) is 22.7 Å². The molecule has 0 spiro atoms. The Morgan fingerprint density at radius 2 is 2.09 bits per heavy atom. The van der Waals surface area contributed by atoms with E-state index in [2.05, 4.69) is 27.7 Å². The lowest BCUT2D eigenvalue weighted by Gasteiger charge is -2.08. The molecular formula is C17H18N2OS3. The highest BCUT2D eigenvalue weighted by Crippen LogP contribution is 2.36. The van der Waals surface area contributed by atoms with Crippen molar-refractivity contribution in [3.63, 3.8) is 0 Å². The summed E-state index contributed by atoms with van der Waals surface area (Å²) >= 11 is 4.73. The van der Waals surface area contributed by atoms with Gasteiger partial charge in [0.1, 0.15) is 15.7 Å². The summed E-state index contributed by atoms with van der Waals surface area (Å²) in [4.78, 5) is 24.8. The molecule has 0 radical (unpaired) electrons. The number of nitrogens with zero attached hydrogens (tertiary/aromatic N) is 2. The third kappa shape index (κ3) is 3.34. The number of thioether (sulfide) groups is 1. The number of fused-ring (bicyclic) bond motifs is 1. The summed E-state index contributed by atoms with van der Waals surface area (Å²) in [5.41, 5.74) is 1.23. The molecule has 0 aromatic carbocycles. The van der Waals surface area contributed by atoms with E-state index >= 15 is 0 Å². The van der Waals surface area contributed by atoms with Crippen LogP contribution in [-0.2, 0) is 0 Å². The fourth-order valence-electron chi connectivity index (χ4n) is 2.23. The number of rotatable bonds is 5. The Kier molecular flexibility index (Phi) is 4.85. The van der Waals surface area contributed by atoms with Crippen molar-refractivity contribution in [1.82, 2.24) is 9.97 Å². The predicted octanol–water partition coefficient (Wildman–Crippen LogP) is 5.47. The van der Waals surface area contributed by atoms with Crippen LogP contribution < -0.4 is 0 Å². The molecule has 0 unspecified atom stereocenters. The highest BCUT2D eigenvalue weighted by Gasteiger charge is 2.17. The molecule has 3 rings (SSSR count). The number of ketones is 1. The minimum absolute atomic E-state index is 0.160. The van der Waals surface area contributed by atoms with Crippen molar-refractivity contribution in [2.24, 2.45) is 0 Å². The Balaban J connectivity index is 1.96. The first-order valence-corrected chi connectivity index (χ1v) is 10.1. The van der Waals surface area contributed by atoms with Gasteiger partial charge in [0.15, 0.2) is 5.78 Å². The van der Waals surface area contributed by atoms with Gasteiger partial charge in [-0.1, -0.05) is 31.7 Å². The monoisotopic (exact) mass is 362 g/mol. The first-order valence-electron chi connectivity index (χ1n) is 7.44. The summed E-state index contributed by atoms with van der Waals surface area (Å²) in [6.07, 6.45) is 0. The zero-order valence-corrected chi connectivity index (χ0v) is 16.0. The maximum absolute atomic E-state index is 12.3. The Morgan fingerprint density at radius 3 is 2.74 bits per heavy atom. The normalized spacial score (nSPS) is 11.5. The maximum atomic E-state index is 12.3. The lowest BCUT2D eigenvalue weighted by molar-refractivity contribution is 0.102. The minimum atomic E-state index is 0.160. The van der Waals surface area contributed by atoms with E-state index in [1.165, 1.54) is 33.5 Å². The zero-order valence-electron chi connectivity index (χ0n) is 13.5. The standard InChI is InChI=1S/C17H18N2OS3/c1-9(2)15-18-16(14-10(3)11(4)23-17(14)19-15)22-8-12(20)13-6-5-7-21-13/h5-7,9H,8H2,1-4H3. The summed E-state index contributed by atoms with van der Waals surface area (Å²) in [7, 11) is 0. The van der Waals surface area contributed by atoms with E-state index in [1.54, 1.807) is 11.3 Å². The molecule has 23 heavy (non-hydrogen) atoms. The average Bonchev–Trinajstić information content (AvgIpc) is 3.14. The summed E-state index contributed by atoms with van der Waals surface area (Å²) < 4.78 is 0. The number of hydrogen-bond acceptors (Lipinski definition) is 6. The van der Waals surface area contributed by atoms with Crippen LogP contribution in [0.2, 0.25) is 0 Å². The molecule has 3 heterocycles. The lowest BCUT2D eigenvalue weighted by Crippen LogP contribution is -2.03. The highest BCUT2D eigenvalue weighted by molar-refractivity contribution is 8.00. The first-order chi connectivity index (χ1) is 11.0. The van der Waals surface area contributed by atoms with Crippen molar-refractivity contribution in [2.45, 2.75) is 38.6 Å². The molecule has 0 N–H and O–H groups in total. The number of thiophene rings is 2. The van der Waals surface area contributed by atoms with Crippen LogP contribution in [0.5, 0.6) is 0 Å². The number of aryl methyl sites for hydroxylation is 2. The van der Waals surface area contributed by atoms with E-state index in [0.717, 1.165) is 25.9 Å². The largest absolute Gasteiger partial charge is 0.292 e. The van der Waals surface area contributed by atoms with Crippen molar-refractivity contribution in [1.29, 1.82) is 0 Å². The average molecular weight is 363 g/mol. The zero-order chi connectivity index (χ0) is 16.6. The van der Waals surface area contributed by atoms with Gasteiger partial charge >= 0.3 is 0 Å². The SMILES string of the molecule is Cc1sc2nc(C(C)C)nc(SCC(=O)c3cccs3)c2c1C. The molecule has 0 fully saturated rings. The molecule has 0 saturated heterocycles. The Morgan fingerprint density at radius 1 is 1.30 bits per heavy atom. The Bertz CT molecular complexity index is 850. The molecular weight excluding hydrogens is 344 g/mol. The van der Waals surface area contributed by atoms with Crippen LogP contribution in [0.1, 0.15) is 45.7 Å². The van der Waals surface area contributed by atoms with Gasteiger partial charge in [0, 0.05) is 16.2 Å². The van der Waals surface area contributed by atoms with E-state index in [4.69, 9.17) is 9.97 Å². The summed E-state index contributed by atoms with van der Waals surface area (Å²) in [5, 5.41) is 3.98. The van der Waals surface area contributed by atoms with Crippen molar-refractivity contribution < 1.29 is 4.79 Å². The molecule has 6 heteroatoms. The number of carbonyl (C=O) groups excluding carboxylic acids is 1. The number of hydrogen-bond donors (Lipinski definition) is 0. The van der Waals surface area contributed by atoms with E-state index < -0.39 is 0 Å². The molecule has 0 aliphatic carbocycles. The van der Waals surface area contributed by atoms with Gasteiger partial charge in [0.05, 0.1) is 10.6 Å². The van der Waals surface area contributed by atoms with E-state index in [9.17, 15) is 4.79 Å². The summed E-state index contributed by atoms with van der Waals surface area (Å²) in [5.74, 6) is 1.70. The number of aromatic nitrogens is 2. The molecule has 0 atom stereocenters. The van der Waals surface area contributed by atoms with Crippen molar-refractivity contribution in [3.8, 4) is 0 Å². The fraction of sp³-hybridized carbons (Fsp3) is 0.353. The quantitative estimate of drug-likeness (QED) is 0.343.